The minimum Gasteiger partial charge on any atom is -0.388 e. The van der Waals surface area contributed by atoms with Crippen LogP contribution in [0, 0.1) is 0 Å². The van der Waals surface area contributed by atoms with Gasteiger partial charge in [0.2, 0.25) is 0 Å². The summed E-state index contributed by atoms with van der Waals surface area (Å²) in [5.74, 6) is 0. The number of alkyl halides is 6. The lowest BCUT2D eigenvalue weighted by Crippen LogP contribution is -2.38. The molecule has 0 spiro atoms. The third-order valence-electron chi connectivity index (χ3n) is 2.52. The molecule has 0 aliphatic heterocycles. The van der Waals surface area contributed by atoms with Crippen LogP contribution in [0.3, 0.4) is 0 Å². The van der Waals surface area contributed by atoms with E-state index in [4.69, 9.17) is 5.73 Å². The zero-order chi connectivity index (χ0) is 14.8. The fourth-order valence-electron chi connectivity index (χ4n) is 1.55. The molecule has 116 valence electrons. The van der Waals surface area contributed by atoms with Crippen LogP contribution in [-0.4, -0.2) is 17.3 Å². The molecular weight excluding hydrogens is 312 g/mol. The van der Waals surface area contributed by atoms with Gasteiger partial charge in [0, 0.05) is 6.42 Å². The highest BCUT2D eigenvalue weighted by Gasteiger charge is 2.40. The average Bonchev–Trinajstić information content (AvgIpc) is 2.26. The fourth-order valence-corrected chi connectivity index (χ4v) is 1.55. The molecule has 0 saturated carbocycles. The van der Waals surface area contributed by atoms with Crippen molar-refractivity contribution in [3.05, 3.63) is 35.4 Å². The van der Waals surface area contributed by atoms with Crippen LogP contribution >= 0.6 is 12.4 Å². The topological polar surface area (TPSA) is 46.2 Å². The highest BCUT2D eigenvalue weighted by atomic mass is 35.5. The van der Waals surface area contributed by atoms with Crippen LogP contribution < -0.4 is 5.73 Å². The van der Waals surface area contributed by atoms with Gasteiger partial charge in [0.15, 0.2) is 0 Å². The molecule has 0 heterocycles. The Morgan fingerprint density at radius 2 is 1.55 bits per heavy atom. The average molecular weight is 324 g/mol. The molecule has 0 unspecified atom stereocenters. The van der Waals surface area contributed by atoms with Gasteiger partial charge in [-0.05, 0) is 11.6 Å². The molecule has 0 aliphatic carbocycles. The highest BCUT2D eigenvalue weighted by molar-refractivity contribution is 5.85. The molecule has 20 heavy (non-hydrogen) atoms. The van der Waals surface area contributed by atoms with Gasteiger partial charge in [0.05, 0.1) is 11.7 Å². The van der Waals surface area contributed by atoms with Crippen molar-refractivity contribution in [2.45, 2.75) is 30.9 Å². The Balaban J connectivity index is 0.00000361. The minimum atomic E-state index is -4.77. The molecule has 1 aromatic rings. The zero-order valence-electron chi connectivity index (χ0n) is 9.87. The number of nitrogens with two attached hydrogens (primary N) is 1. The van der Waals surface area contributed by atoms with E-state index in [0.29, 0.717) is 6.07 Å². The summed E-state index contributed by atoms with van der Waals surface area (Å²) in [4.78, 5) is 0. The van der Waals surface area contributed by atoms with Gasteiger partial charge in [0.1, 0.15) is 6.04 Å². The molecule has 0 amide bonds. The first-order valence-electron chi connectivity index (χ1n) is 5.20. The van der Waals surface area contributed by atoms with Crippen LogP contribution in [0.25, 0.3) is 0 Å². The van der Waals surface area contributed by atoms with Gasteiger partial charge in [-0.3, -0.25) is 0 Å². The number of benzene rings is 1. The van der Waals surface area contributed by atoms with E-state index in [9.17, 15) is 31.4 Å². The summed E-state index contributed by atoms with van der Waals surface area (Å²) in [6.07, 6.45) is -12.5. The second-order valence-corrected chi connectivity index (χ2v) is 3.98. The molecule has 3 N–H and O–H groups in total. The predicted octanol–water partition coefficient (Wildman–Crippen LogP) is 3.44. The molecule has 0 fully saturated rings. The summed E-state index contributed by atoms with van der Waals surface area (Å²) in [5.41, 5.74) is 3.00. The van der Waals surface area contributed by atoms with Crippen molar-refractivity contribution < 1.29 is 31.4 Å². The van der Waals surface area contributed by atoms with Gasteiger partial charge in [-0.25, -0.2) is 0 Å². The van der Waals surface area contributed by atoms with Crippen molar-refractivity contribution in [3.8, 4) is 0 Å². The van der Waals surface area contributed by atoms with Crippen molar-refractivity contribution in [2.24, 2.45) is 5.73 Å². The lowest BCUT2D eigenvalue weighted by molar-refractivity contribution is -0.154. The van der Waals surface area contributed by atoms with E-state index in [1.807, 2.05) is 0 Å². The van der Waals surface area contributed by atoms with Gasteiger partial charge < -0.3 is 10.8 Å². The summed E-state index contributed by atoms with van der Waals surface area (Å²) >= 11 is 0. The number of hydrogen-bond donors (Lipinski definition) is 2. The normalized spacial score (nSPS) is 15.4. The number of halogens is 7. The molecule has 0 radical (unpaired) electrons. The lowest BCUT2D eigenvalue weighted by Gasteiger charge is -2.21. The van der Waals surface area contributed by atoms with Gasteiger partial charge in [-0.15, -0.1) is 12.4 Å². The molecule has 2 nitrogen and oxygen atoms in total. The monoisotopic (exact) mass is 323 g/mol. The maximum atomic E-state index is 12.6. The van der Waals surface area contributed by atoms with E-state index in [1.165, 1.54) is 6.07 Å². The maximum Gasteiger partial charge on any atom is 0.416 e. The number of rotatable bonds is 3. The zero-order valence-corrected chi connectivity index (χ0v) is 10.7. The van der Waals surface area contributed by atoms with Crippen molar-refractivity contribution in [1.82, 2.24) is 0 Å². The Morgan fingerprint density at radius 3 is 2.00 bits per heavy atom. The smallest absolute Gasteiger partial charge is 0.388 e. The molecule has 0 aliphatic rings. The first-order chi connectivity index (χ1) is 8.53. The first kappa shape index (κ1) is 19.0. The van der Waals surface area contributed by atoms with Gasteiger partial charge in [0.25, 0.3) is 0 Å². The van der Waals surface area contributed by atoms with E-state index in [2.05, 4.69) is 0 Å². The molecule has 0 bridgehead atoms. The quantitative estimate of drug-likeness (QED) is 0.837. The van der Waals surface area contributed by atoms with E-state index in [1.54, 1.807) is 0 Å². The van der Waals surface area contributed by atoms with Crippen LogP contribution in [0.1, 0.15) is 23.7 Å². The number of aliphatic hydroxyl groups excluding tert-OH is 1. The first-order valence-corrected chi connectivity index (χ1v) is 5.20. The summed E-state index contributed by atoms with van der Waals surface area (Å²) in [5, 5.41) is 9.52. The second-order valence-electron chi connectivity index (χ2n) is 3.98. The van der Waals surface area contributed by atoms with Crippen LogP contribution in [0.15, 0.2) is 24.3 Å². The summed E-state index contributed by atoms with van der Waals surface area (Å²) in [6.45, 7) is 0. The second kappa shape index (κ2) is 6.64. The standard InChI is InChI=1S/C11H11F6NO.ClH/c12-10(13,14)7-4-2-1-3-6(7)8(19)5-9(18)11(15,16)17;/h1-4,8-9,19H,5,18H2;1H/t8-,9+;/m0./s1. The number of hydrogen-bond acceptors (Lipinski definition) is 2. The fraction of sp³-hybridized carbons (Fsp3) is 0.455. The molecule has 1 rings (SSSR count). The van der Waals surface area contributed by atoms with E-state index in [-0.39, 0.29) is 12.4 Å². The van der Waals surface area contributed by atoms with Crippen molar-refractivity contribution in [2.75, 3.05) is 0 Å². The Labute approximate surface area is 117 Å². The SMILES string of the molecule is Cl.N[C@H](C[C@H](O)c1ccccc1C(F)(F)F)C(F)(F)F. The third kappa shape index (κ3) is 4.84. The largest absolute Gasteiger partial charge is 0.416 e. The molecule has 1 aromatic carbocycles. The van der Waals surface area contributed by atoms with E-state index >= 15 is 0 Å². The highest BCUT2D eigenvalue weighted by Crippen LogP contribution is 2.36. The van der Waals surface area contributed by atoms with Crippen molar-refractivity contribution in [1.29, 1.82) is 0 Å². The molecule has 2 atom stereocenters. The van der Waals surface area contributed by atoms with Crippen LogP contribution in [0.4, 0.5) is 26.3 Å². The summed E-state index contributed by atoms with van der Waals surface area (Å²) in [7, 11) is 0. The molecular formula is C11H12ClF6NO. The van der Waals surface area contributed by atoms with E-state index < -0.39 is 42.0 Å². The van der Waals surface area contributed by atoms with Crippen LogP contribution in [-0.2, 0) is 6.18 Å². The minimum absolute atomic E-state index is 0. The third-order valence-corrected chi connectivity index (χ3v) is 2.52. The van der Waals surface area contributed by atoms with Crippen molar-refractivity contribution >= 4 is 12.4 Å². The van der Waals surface area contributed by atoms with E-state index in [0.717, 1.165) is 12.1 Å². The molecule has 0 saturated heterocycles. The van der Waals surface area contributed by atoms with Crippen LogP contribution in [0.5, 0.6) is 0 Å². The Hall–Kier alpha value is -0.990. The Morgan fingerprint density at radius 1 is 1.05 bits per heavy atom. The van der Waals surface area contributed by atoms with Crippen molar-refractivity contribution in [3.63, 3.8) is 0 Å². The Kier molecular flexibility index (Phi) is 6.31. The predicted molar refractivity (Wildman–Crippen MR) is 62.3 cm³/mol. The maximum absolute atomic E-state index is 12.6. The molecule has 0 aromatic heterocycles. The lowest BCUT2D eigenvalue weighted by atomic mass is 9.97. The molecule has 9 heteroatoms. The Bertz CT molecular complexity index is 434. The van der Waals surface area contributed by atoms with Crippen LogP contribution in [0.2, 0.25) is 0 Å². The van der Waals surface area contributed by atoms with Gasteiger partial charge in [-0.1, -0.05) is 18.2 Å². The summed E-state index contributed by atoms with van der Waals surface area (Å²) in [6, 6.07) is 1.52. The summed E-state index contributed by atoms with van der Waals surface area (Å²) < 4.78 is 74.5. The van der Waals surface area contributed by atoms with Gasteiger partial charge >= 0.3 is 12.4 Å². The van der Waals surface area contributed by atoms with Gasteiger partial charge in [-0.2, -0.15) is 26.3 Å². The number of aliphatic hydroxyl groups is 1.